The lowest BCUT2D eigenvalue weighted by atomic mass is 10.0. The third-order valence-corrected chi connectivity index (χ3v) is 3.61. The van der Waals surface area contributed by atoms with Crippen molar-refractivity contribution in [2.45, 2.75) is 18.6 Å². The first-order valence-electron chi connectivity index (χ1n) is 7.54. The van der Waals surface area contributed by atoms with Gasteiger partial charge >= 0.3 is 12.1 Å². The number of methoxy groups -OCH3 is 1. The molecule has 8 heteroatoms. The van der Waals surface area contributed by atoms with E-state index in [-0.39, 0.29) is 23.3 Å². The SMILES string of the molecule is COc1cc(C[C@H](NC(=O)c2ccccc2)C(=O)O)cc(C(F)(F)F)c1. The van der Waals surface area contributed by atoms with Crippen LogP contribution in [0.5, 0.6) is 5.75 Å². The number of hydrogen-bond acceptors (Lipinski definition) is 3. The summed E-state index contributed by atoms with van der Waals surface area (Å²) >= 11 is 0. The van der Waals surface area contributed by atoms with Crippen LogP contribution in [0.2, 0.25) is 0 Å². The number of carbonyl (C=O) groups excluding carboxylic acids is 1. The van der Waals surface area contributed by atoms with Gasteiger partial charge in [0.15, 0.2) is 0 Å². The molecule has 0 aliphatic carbocycles. The lowest BCUT2D eigenvalue weighted by Crippen LogP contribution is -2.42. The van der Waals surface area contributed by atoms with Crippen molar-refractivity contribution in [3.05, 3.63) is 65.2 Å². The summed E-state index contributed by atoms with van der Waals surface area (Å²) in [5.41, 5.74) is -0.622. The maximum Gasteiger partial charge on any atom is 0.416 e. The molecule has 0 unspecified atom stereocenters. The summed E-state index contributed by atoms with van der Waals surface area (Å²) in [6, 6.07) is 9.50. The van der Waals surface area contributed by atoms with Gasteiger partial charge in [-0.3, -0.25) is 4.79 Å². The van der Waals surface area contributed by atoms with Gasteiger partial charge in [-0.15, -0.1) is 0 Å². The molecule has 0 saturated carbocycles. The summed E-state index contributed by atoms with van der Waals surface area (Å²) in [5.74, 6) is -2.03. The van der Waals surface area contributed by atoms with Crippen molar-refractivity contribution in [3.63, 3.8) is 0 Å². The number of hydrogen-bond donors (Lipinski definition) is 2. The molecule has 1 atom stereocenters. The minimum absolute atomic E-state index is 0.0478. The van der Waals surface area contributed by atoms with Gasteiger partial charge in [0.05, 0.1) is 12.7 Å². The molecule has 0 spiro atoms. The molecule has 2 N–H and O–H groups in total. The van der Waals surface area contributed by atoms with Gasteiger partial charge in [-0.1, -0.05) is 18.2 Å². The Hall–Kier alpha value is -3.03. The van der Waals surface area contributed by atoms with Crippen LogP contribution in [-0.4, -0.2) is 30.1 Å². The molecule has 0 heterocycles. The first kappa shape index (κ1) is 19.3. The maximum atomic E-state index is 13.0. The molecule has 1 amide bonds. The van der Waals surface area contributed by atoms with Crippen LogP contribution in [0.3, 0.4) is 0 Å². The highest BCUT2D eigenvalue weighted by molar-refractivity contribution is 5.96. The molecule has 0 bridgehead atoms. The van der Waals surface area contributed by atoms with Crippen LogP contribution in [0.1, 0.15) is 21.5 Å². The Kier molecular flexibility index (Phi) is 5.86. The van der Waals surface area contributed by atoms with E-state index in [9.17, 15) is 27.9 Å². The van der Waals surface area contributed by atoms with E-state index in [1.54, 1.807) is 18.2 Å². The molecule has 26 heavy (non-hydrogen) atoms. The highest BCUT2D eigenvalue weighted by atomic mass is 19.4. The molecule has 2 rings (SSSR count). The highest BCUT2D eigenvalue weighted by Crippen LogP contribution is 2.33. The zero-order valence-electron chi connectivity index (χ0n) is 13.7. The molecule has 138 valence electrons. The minimum Gasteiger partial charge on any atom is -0.497 e. The molecule has 0 saturated heterocycles. The van der Waals surface area contributed by atoms with Crippen molar-refractivity contribution in [2.75, 3.05) is 7.11 Å². The Morgan fingerprint density at radius 1 is 1.15 bits per heavy atom. The van der Waals surface area contributed by atoms with Gasteiger partial charge in [0.1, 0.15) is 11.8 Å². The van der Waals surface area contributed by atoms with E-state index in [2.05, 4.69) is 5.32 Å². The van der Waals surface area contributed by atoms with E-state index in [0.717, 1.165) is 12.1 Å². The number of aliphatic carboxylic acids is 1. The summed E-state index contributed by atoms with van der Waals surface area (Å²) in [7, 11) is 1.21. The van der Waals surface area contributed by atoms with Gasteiger partial charge in [-0.2, -0.15) is 13.2 Å². The van der Waals surface area contributed by atoms with Gasteiger partial charge in [-0.25, -0.2) is 4.79 Å². The number of amides is 1. The first-order valence-corrected chi connectivity index (χ1v) is 7.54. The lowest BCUT2D eigenvalue weighted by molar-refractivity contribution is -0.139. The lowest BCUT2D eigenvalue weighted by Gasteiger charge is -2.17. The topological polar surface area (TPSA) is 75.6 Å². The molecule has 0 aliphatic heterocycles. The quantitative estimate of drug-likeness (QED) is 0.823. The van der Waals surface area contributed by atoms with E-state index in [0.29, 0.717) is 0 Å². The first-order chi connectivity index (χ1) is 12.2. The Labute approximate surface area is 147 Å². The van der Waals surface area contributed by atoms with Gasteiger partial charge in [-0.05, 0) is 35.9 Å². The number of carbonyl (C=O) groups is 2. The Morgan fingerprint density at radius 2 is 1.81 bits per heavy atom. The number of ether oxygens (including phenoxy) is 1. The van der Waals surface area contributed by atoms with Gasteiger partial charge in [0.2, 0.25) is 0 Å². The van der Waals surface area contributed by atoms with E-state index in [4.69, 9.17) is 4.74 Å². The molecular weight excluding hydrogens is 351 g/mol. The van der Waals surface area contributed by atoms with Crippen molar-refractivity contribution in [1.29, 1.82) is 0 Å². The van der Waals surface area contributed by atoms with Crippen molar-refractivity contribution in [1.82, 2.24) is 5.32 Å². The normalized spacial score (nSPS) is 12.3. The van der Waals surface area contributed by atoms with Crippen molar-refractivity contribution in [3.8, 4) is 5.75 Å². The molecule has 2 aromatic carbocycles. The summed E-state index contributed by atoms with van der Waals surface area (Å²) in [6.07, 6.45) is -4.93. The van der Waals surface area contributed by atoms with Crippen LogP contribution in [-0.2, 0) is 17.4 Å². The zero-order valence-corrected chi connectivity index (χ0v) is 13.7. The van der Waals surface area contributed by atoms with Crippen LogP contribution >= 0.6 is 0 Å². The van der Waals surface area contributed by atoms with Gasteiger partial charge < -0.3 is 15.2 Å². The van der Waals surface area contributed by atoms with Crippen LogP contribution in [0.15, 0.2) is 48.5 Å². The van der Waals surface area contributed by atoms with Crippen LogP contribution in [0, 0.1) is 0 Å². The molecular formula is C18H16F3NO4. The van der Waals surface area contributed by atoms with E-state index >= 15 is 0 Å². The van der Waals surface area contributed by atoms with E-state index in [1.807, 2.05) is 0 Å². The molecule has 5 nitrogen and oxygen atoms in total. The number of benzene rings is 2. The predicted octanol–water partition coefficient (Wildman–Crippen LogP) is 3.14. The molecule has 2 aromatic rings. The number of halogens is 3. The summed E-state index contributed by atoms with van der Waals surface area (Å²) in [4.78, 5) is 23.6. The second-order valence-electron chi connectivity index (χ2n) is 5.50. The molecule has 0 aromatic heterocycles. The fourth-order valence-corrected chi connectivity index (χ4v) is 2.33. The largest absolute Gasteiger partial charge is 0.497 e. The third kappa shape index (κ3) is 4.98. The molecule has 0 radical (unpaired) electrons. The molecule has 0 fully saturated rings. The number of rotatable bonds is 6. The predicted molar refractivity (Wildman–Crippen MR) is 87.0 cm³/mol. The minimum atomic E-state index is -4.60. The Balaban J connectivity index is 2.25. The van der Waals surface area contributed by atoms with Gasteiger partial charge in [0.25, 0.3) is 5.91 Å². The fourth-order valence-electron chi connectivity index (χ4n) is 2.33. The highest BCUT2D eigenvalue weighted by Gasteiger charge is 2.32. The Morgan fingerprint density at radius 3 is 2.35 bits per heavy atom. The number of nitrogens with one attached hydrogen (secondary N) is 1. The summed E-state index contributed by atoms with van der Waals surface area (Å²) < 4.78 is 43.8. The summed E-state index contributed by atoms with van der Waals surface area (Å²) in [6.45, 7) is 0. The van der Waals surface area contributed by atoms with E-state index in [1.165, 1.54) is 25.3 Å². The van der Waals surface area contributed by atoms with Crippen LogP contribution in [0.4, 0.5) is 13.2 Å². The van der Waals surface area contributed by atoms with Crippen molar-refractivity contribution in [2.24, 2.45) is 0 Å². The summed E-state index contributed by atoms with van der Waals surface area (Å²) in [5, 5.41) is 11.6. The molecule has 0 aliphatic rings. The maximum absolute atomic E-state index is 13.0. The average Bonchev–Trinajstić information content (AvgIpc) is 2.60. The third-order valence-electron chi connectivity index (χ3n) is 3.61. The van der Waals surface area contributed by atoms with Gasteiger partial charge in [0, 0.05) is 12.0 Å². The smallest absolute Gasteiger partial charge is 0.416 e. The fraction of sp³-hybridized carbons (Fsp3) is 0.222. The number of carboxylic acids is 1. The Bertz CT molecular complexity index is 791. The van der Waals surface area contributed by atoms with Crippen molar-refractivity contribution >= 4 is 11.9 Å². The standard InChI is InChI=1S/C18H16F3NO4/c1-26-14-8-11(7-13(10-14)18(19,20)21)9-15(17(24)25)22-16(23)12-5-3-2-4-6-12/h2-8,10,15H,9H2,1H3,(H,22,23)(H,24,25)/t15-/m0/s1. The van der Waals surface area contributed by atoms with Crippen LogP contribution in [0.25, 0.3) is 0 Å². The van der Waals surface area contributed by atoms with Crippen LogP contribution < -0.4 is 10.1 Å². The second-order valence-corrected chi connectivity index (χ2v) is 5.50. The average molecular weight is 367 g/mol. The number of alkyl halides is 3. The monoisotopic (exact) mass is 367 g/mol. The van der Waals surface area contributed by atoms with E-state index < -0.39 is 29.7 Å². The van der Waals surface area contributed by atoms with Crippen molar-refractivity contribution < 1.29 is 32.6 Å². The number of carboxylic acid groups (broad SMARTS) is 1. The second kappa shape index (κ2) is 7.90. The zero-order chi connectivity index (χ0) is 19.3.